The van der Waals surface area contributed by atoms with Crippen LogP contribution < -0.4 is 4.74 Å². The number of hydrogen-bond donors (Lipinski definition) is 1. The highest BCUT2D eigenvalue weighted by Crippen LogP contribution is 2.38. The van der Waals surface area contributed by atoms with E-state index in [1.165, 1.54) is 12.1 Å². The second-order valence-electron chi connectivity index (χ2n) is 8.77. The van der Waals surface area contributed by atoms with Crippen LogP contribution in [0.2, 0.25) is 5.02 Å². The zero-order chi connectivity index (χ0) is 22.8. The number of aliphatic carboxylic acids is 1. The highest BCUT2D eigenvalue weighted by Gasteiger charge is 2.35. The van der Waals surface area contributed by atoms with Crippen molar-refractivity contribution in [3.05, 3.63) is 63.9 Å². The van der Waals surface area contributed by atoms with Gasteiger partial charge in [-0.1, -0.05) is 31.5 Å². The Balaban J connectivity index is 1.76. The molecule has 1 atom stereocenters. The largest absolute Gasteiger partial charge is 0.487 e. The second-order valence-corrected chi connectivity index (χ2v) is 9.17. The van der Waals surface area contributed by atoms with Gasteiger partial charge in [-0.2, -0.15) is 0 Å². The Morgan fingerprint density at radius 3 is 2.65 bits per heavy atom. The molecule has 1 heterocycles. The van der Waals surface area contributed by atoms with Crippen molar-refractivity contribution in [1.82, 2.24) is 4.90 Å². The zero-order valence-electron chi connectivity index (χ0n) is 18.0. The fourth-order valence-electron chi connectivity index (χ4n) is 3.96. The standard InChI is InChI=1S/C24H27ClFNO4/c1-15(2)14-27(9-8-22(28)29)23(30)17-5-7-21-18(11-17)13-24(3,31-21)12-16-4-6-19(25)20(26)10-16/h4-7,10-11,15H,8-9,12-14H2,1-3H3,(H,28,29)/t24-/m1/s1. The van der Waals surface area contributed by atoms with E-state index in [-0.39, 0.29) is 29.8 Å². The molecule has 2 aromatic rings. The molecule has 166 valence electrons. The molecule has 0 saturated carbocycles. The third kappa shape index (κ3) is 5.76. The minimum absolute atomic E-state index is 0.0848. The van der Waals surface area contributed by atoms with Crippen LogP contribution in [0.15, 0.2) is 36.4 Å². The van der Waals surface area contributed by atoms with E-state index in [1.807, 2.05) is 26.8 Å². The number of nitrogens with zero attached hydrogens (tertiary/aromatic N) is 1. The van der Waals surface area contributed by atoms with Crippen molar-refractivity contribution in [2.75, 3.05) is 13.1 Å². The fraction of sp³-hybridized carbons (Fsp3) is 0.417. The maximum atomic E-state index is 13.8. The average molecular weight is 448 g/mol. The van der Waals surface area contributed by atoms with Gasteiger partial charge in [0.1, 0.15) is 17.2 Å². The monoisotopic (exact) mass is 447 g/mol. The molecular weight excluding hydrogens is 421 g/mol. The van der Waals surface area contributed by atoms with Gasteiger partial charge in [0, 0.05) is 31.5 Å². The Hall–Kier alpha value is -2.60. The lowest BCUT2D eigenvalue weighted by Gasteiger charge is -2.24. The summed E-state index contributed by atoms with van der Waals surface area (Å²) in [6.45, 7) is 6.59. The molecule has 1 N–H and O–H groups in total. The Morgan fingerprint density at radius 2 is 2.00 bits per heavy atom. The number of ether oxygens (including phenoxy) is 1. The molecule has 5 nitrogen and oxygen atoms in total. The molecule has 3 rings (SSSR count). The van der Waals surface area contributed by atoms with Gasteiger partial charge in [-0.3, -0.25) is 9.59 Å². The maximum absolute atomic E-state index is 13.8. The van der Waals surface area contributed by atoms with Crippen LogP contribution in [0, 0.1) is 11.7 Å². The summed E-state index contributed by atoms with van der Waals surface area (Å²) in [4.78, 5) is 25.6. The second kappa shape index (κ2) is 9.27. The van der Waals surface area contributed by atoms with Crippen LogP contribution in [-0.2, 0) is 17.6 Å². The summed E-state index contributed by atoms with van der Waals surface area (Å²) in [7, 11) is 0. The van der Waals surface area contributed by atoms with Crippen molar-refractivity contribution in [2.24, 2.45) is 5.92 Å². The Bertz CT molecular complexity index is 994. The number of benzene rings is 2. The van der Waals surface area contributed by atoms with Gasteiger partial charge in [-0.25, -0.2) is 4.39 Å². The lowest BCUT2D eigenvalue weighted by molar-refractivity contribution is -0.137. The topological polar surface area (TPSA) is 66.8 Å². The third-order valence-corrected chi connectivity index (χ3v) is 5.57. The van der Waals surface area contributed by atoms with Crippen molar-refractivity contribution in [1.29, 1.82) is 0 Å². The van der Waals surface area contributed by atoms with Crippen LogP contribution in [0.3, 0.4) is 0 Å². The summed E-state index contributed by atoms with van der Waals surface area (Å²) in [6.07, 6.45) is 0.979. The van der Waals surface area contributed by atoms with Crippen LogP contribution in [0.4, 0.5) is 4.39 Å². The minimum atomic E-state index is -0.932. The number of fused-ring (bicyclic) bond motifs is 1. The molecule has 0 saturated heterocycles. The van der Waals surface area contributed by atoms with E-state index >= 15 is 0 Å². The number of halogens is 2. The fourth-order valence-corrected chi connectivity index (χ4v) is 4.08. The number of hydrogen-bond acceptors (Lipinski definition) is 3. The van der Waals surface area contributed by atoms with Gasteiger partial charge in [-0.15, -0.1) is 0 Å². The highest BCUT2D eigenvalue weighted by atomic mass is 35.5. The molecule has 31 heavy (non-hydrogen) atoms. The van der Waals surface area contributed by atoms with Gasteiger partial charge < -0.3 is 14.7 Å². The third-order valence-electron chi connectivity index (χ3n) is 5.26. The average Bonchev–Trinajstić information content (AvgIpc) is 3.01. The van der Waals surface area contributed by atoms with E-state index < -0.39 is 17.4 Å². The van der Waals surface area contributed by atoms with Gasteiger partial charge in [0.2, 0.25) is 0 Å². The van der Waals surface area contributed by atoms with Gasteiger partial charge in [0.05, 0.1) is 11.4 Å². The molecule has 0 aliphatic carbocycles. The predicted octanol–water partition coefficient (Wildman–Crippen LogP) is 4.99. The highest BCUT2D eigenvalue weighted by molar-refractivity contribution is 6.30. The molecule has 0 fully saturated rings. The van der Waals surface area contributed by atoms with Gasteiger partial charge in [-0.05, 0) is 54.3 Å². The Morgan fingerprint density at radius 1 is 1.26 bits per heavy atom. The summed E-state index contributed by atoms with van der Waals surface area (Å²) in [5.41, 5.74) is 1.64. The van der Waals surface area contributed by atoms with Crippen LogP contribution >= 0.6 is 11.6 Å². The van der Waals surface area contributed by atoms with E-state index in [9.17, 15) is 14.0 Å². The number of carbonyl (C=O) groups is 2. The molecule has 7 heteroatoms. The summed E-state index contributed by atoms with van der Waals surface area (Å²) >= 11 is 5.77. The summed E-state index contributed by atoms with van der Waals surface area (Å²) < 4.78 is 20.0. The van der Waals surface area contributed by atoms with E-state index in [1.54, 1.807) is 23.1 Å². The molecule has 1 amide bonds. The maximum Gasteiger partial charge on any atom is 0.305 e. The molecule has 1 aliphatic heterocycles. The normalized spacial score (nSPS) is 17.4. The SMILES string of the molecule is CC(C)CN(CCC(=O)O)C(=O)c1ccc2c(c1)C[C@@](C)(Cc1ccc(Cl)c(F)c1)O2. The van der Waals surface area contributed by atoms with E-state index in [2.05, 4.69) is 0 Å². The van der Waals surface area contributed by atoms with Crippen molar-refractivity contribution in [2.45, 2.75) is 45.6 Å². The summed E-state index contributed by atoms with van der Waals surface area (Å²) in [5.74, 6) is -0.657. The smallest absolute Gasteiger partial charge is 0.305 e. The first kappa shape index (κ1) is 23.1. The Labute approximate surface area is 186 Å². The van der Waals surface area contributed by atoms with Gasteiger partial charge >= 0.3 is 5.97 Å². The number of carboxylic acids is 1. The lowest BCUT2D eigenvalue weighted by Crippen LogP contribution is -2.36. The molecule has 0 spiro atoms. The molecule has 1 aliphatic rings. The minimum Gasteiger partial charge on any atom is -0.487 e. The molecule has 0 radical (unpaired) electrons. The number of rotatable bonds is 8. The van der Waals surface area contributed by atoms with Crippen molar-refractivity contribution < 1.29 is 23.8 Å². The number of carboxylic acid groups (broad SMARTS) is 1. The van der Waals surface area contributed by atoms with Crippen LogP contribution in [0.5, 0.6) is 5.75 Å². The lowest BCUT2D eigenvalue weighted by atomic mass is 9.91. The quantitative estimate of drug-likeness (QED) is 0.619. The Kier molecular flexibility index (Phi) is 6.90. The molecule has 0 bridgehead atoms. The van der Waals surface area contributed by atoms with Crippen molar-refractivity contribution in [3.63, 3.8) is 0 Å². The zero-order valence-corrected chi connectivity index (χ0v) is 18.7. The molecule has 2 aromatic carbocycles. The molecular formula is C24H27ClFNO4. The first-order valence-electron chi connectivity index (χ1n) is 10.3. The number of carbonyl (C=O) groups excluding carboxylic acids is 1. The predicted molar refractivity (Wildman–Crippen MR) is 117 cm³/mol. The van der Waals surface area contributed by atoms with E-state index in [0.29, 0.717) is 30.7 Å². The van der Waals surface area contributed by atoms with E-state index in [4.69, 9.17) is 21.4 Å². The van der Waals surface area contributed by atoms with Crippen LogP contribution in [0.25, 0.3) is 0 Å². The van der Waals surface area contributed by atoms with Crippen LogP contribution in [0.1, 0.15) is 48.7 Å². The van der Waals surface area contributed by atoms with Crippen molar-refractivity contribution >= 4 is 23.5 Å². The van der Waals surface area contributed by atoms with Crippen molar-refractivity contribution in [3.8, 4) is 5.75 Å². The first-order chi connectivity index (χ1) is 14.6. The molecule has 0 unspecified atom stereocenters. The van der Waals surface area contributed by atoms with Crippen LogP contribution in [-0.4, -0.2) is 40.6 Å². The summed E-state index contributed by atoms with van der Waals surface area (Å²) in [5, 5.41) is 9.09. The molecule has 0 aromatic heterocycles. The van der Waals surface area contributed by atoms with Gasteiger partial charge in [0.15, 0.2) is 0 Å². The number of amides is 1. The van der Waals surface area contributed by atoms with E-state index in [0.717, 1.165) is 11.1 Å². The first-order valence-corrected chi connectivity index (χ1v) is 10.7. The van der Waals surface area contributed by atoms with Gasteiger partial charge in [0.25, 0.3) is 5.91 Å². The summed E-state index contributed by atoms with van der Waals surface area (Å²) in [6, 6.07) is 10.0.